The molecule has 0 radical (unpaired) electrons. The fourth-order valence-electron chi connectivity index (χ4n) is 4.99. The Kier molecular flexibility index (Phi) is 6.42. The quantitative estimate of drug-likeness (QED) is 0.779. The highest BCUT2D eigenvalue weighted by Gasteiger charge is 2.33. The summed E-state index contributed by atoms with van der Waals surface area (Å²) in [7, 11) is 1.76. The summed E-state index contributed by atoms with van der Waals surface area (Å²) in [4.78, 5) is 5.30. The molecule has 1 aromatic heterocycles. The molecule has 3 heterocycles. The van der Waals surface area contributed by atoms with Gasteiger partial charge in [0.05, 0.1) is 13.2 Å². The monoisotopic (exact) mass is 376 g/mol. The first kappa shape index (κ1) is 19.3. The first-order valence-electron chi connectivity index (χ1n) is 10.9. The number of hydrogen-bond acceptors (Lipinski definition) is 6. The normalized spacial score (nSPS) is 28.4. The van der Waals surface area contributed by atoms with Crippen LogP contribution in [0.4, 0.5) is 0 Å². The van der Waals surface area contributed by atoms with Crippen LogP contribution in [0.5, 0.6) is 0 Å². The van der Waals surface area contributed by atoms with Crippen molar-refractivity contribution in [1.29, 1.82) is 0 Å². The van der Waals surface area contributed by atoms with E-state index >= 15 is 0 Å². The van der Waals surface area contributed by atoms with Crippen molar-refractivity contribution in [1.82, 2.24) is 24.6 Å². The molecule has 1 aliphatic carbocycles. The minimum atomic E-state index is 0.333. The Morgan fingerprint density at radius 2 is 1.78 bits per heavy atom. The predicted molar refractivity (Wildman–Crippen MR) is 106 cm³/mol. The molecule has 27 heavy (non-hydrogen) atoms. The predicted octanol–water partition coefficient (Wildman–Crippen LogP) is 1.58. The lowest BCUT2D eigenvalue weighted by Gasteiger charge is -2.40. The summed E-state index contributed by atoms with van der Waals surface area (Å²) in [6.45, 7) is 7.40. The summed E-state index contributed by atoms with van der Waals surface area (Å²) in [6, 6.07) is 1.12. The van der Waals surface area contributed by atoms with Crippen LogP contribution in [0.1, 0.15) is 62.5 Å². The summed E-state index contributed by atoms with van der Waals surface area (Å²) < 4.78 is 7.63. The fraction of sp³-hybridized carbons (Fsp3) is 0.900. The highest BCUT2D eigenvalue weighted by Crippen LogP contribution is 2.35. The van der Waals surface area contributed by atoms with Crippen molar-refractivity contribution in [2.75, 3.05) is 39.9 Å². The molecule has 0 spiro atoms. The van der Waals surface area contributed by atoms with Crippen LogP contribution in [0.25, 0.3) is 0 Å². The van der Waals surface area contributed by atoms with E-state index in [0.717, 1.165) is 43.6 Å². The van der Waals surface area contributed by atoms with E-state index in [1.807, 2.05) is 0 Å². The molecule has 0 atom stereocenters. The van der Waals surface area contributed by atoms with Crippen molar-refractivity contribution in [2.45, 2.75) is 76.0 Å². The van der Waals surface area contributed by atoms with Crippen molar-refractivity contribution in [3.63, 3.8) is 0 Å². The average Bonchev–Trinajstić information content (AvgIpc) is 3.07. The number of ether oxygens (including phenoxy) is 1. The number of nitrogens with two attached hydrogens (primary N) is 1. The van der Waals surface area contributed by atoms with Gasteiger partial charge in [-0.3, -0.25) is 4.90 Å². The molecule has 0 unspecified atom stereocenters. The zero-order valence-electron chi connectivity index (χ0n) is 16.9. The number of hydrogen-bond donors (Lipinski definition) is 1. The zero-order chi connectivity index (χ0) is 18.6. The maximum Gasteiger partial charge on any atom is 0.147 e. The van der Waals surface area contributed by atoms with E-state index in [1.54, 1.807) is 7.11 Å². The molecule has 7 nitrogen and oxygen atoms in total. The largest absolute Gasteiger partial charge is 0.383 e. The van der Waals surface area contributed by atoms with Gasteiger partial charge in [-0.15, -0.1) is 10.2 Å². The lowest BCUT2D eigenvalue weighted by Crippen LogP contribution is -2.46. The van der Waals surface area contributed by atoms with Gasteiger partial charge >= 0.3 is 0 Å². The summed E-state index contributed by atoms with van der Waals surface area (Å²) in [6.07, 6.45) is 8.83. The first-order valence-corrected chi connectivity index (χ1v) is 10.9. The van der Waals surface area contributed by atoms with Gasteiger partial charge in [-0.2, -0.15) is 0 Å². The molecule has 2 saturated heterocycles. The Bertz CT molecular complexity index is 585. The highest BCUT2D eigenvalue weighted by molar-refractivity contribution is 5.09. The Labute approximate surface area is 163 Å². The number of piperidine rings is 2. The Hall–Kier alpha value is -1.02. The van der Waals surface area contributed by atoms with E-state index in [-0.39, 0.29) is 0 Å². The third-order valence-corrected chi connectivity index (χ3v) is 6.74. The molecule has 3 fully saturated rings. The van der Waals surface area contributed by atoms with Crippen molar-refractivity contribution in [2.24, 2.45) is 5.73 Å². The van der Waals surface area contributed by atoms with Crippen molar-refractivity contribution in [3.8, 4) is 0 Å². The fourth-order valence-corrected chi connectivity index (χ4v) is 4.99. The molecule has 2 N–H and O–H groups in total. The summed E-state index contributed by atoms with van der Waals surface area (Å²) >= 11 is 0. The van der Waals surface area contributed by atoms with Crippen molar-refractivity contribution < 1.29 is 4.74 Å². The van der Waals surface area contributed by atoms with Crippen LogP contribution in [-0.2, 0) is 17.8 Å². The number of aromatic nitrogens is 3. The van der Waals surface area contributed by atoms with E-state index in [9.17, 15) is 0 Å². The Morgan fingerprint density at radius 3 is 2.44 bits per heavy atom. The van der Waals surface area contributed by atoms with E-state index in [2.05, 4.69) is 24.6 Å². The molecule has 0 amide bonds. The van der Waals surface area contributed by atoms with Crippen LogP contribution >= 0.6 is 0 Å². The smallest absolute Gasteiger partial charge is 0.147 e. The summed E-state index contributed by atoms with van der Waals surface area (Å²) in [5, 5.41) is 9.11. The van der Waals surface area contributed by atoms with Crippen molar-refractivity contribution in [3.05, 3.63) is 11.6 Å². The van der Waals surface area contributed by atoms with Crippen LogP contribution in [0, 0.1) is 0 Å². The third-order valence-electron chi connectivity index (χ3n) is 6.74. The average molecular weight is 377 g/mol. The van der Waals surface area contributed by atoms with Crippen molar-refractivity contribution >= 4 is 0 Å². The molecule has 4 rings (SSSR count). The minimum Gasteiger partial charge on any atom is -0.383 e. The molecule has 2 aliphatic heterocycles. The molecular weight excluding hydrogens is 340 g/mol. The van der Waals surface area contributed by atoms with E-state index in [4.69, 9.17) is 10.5 Å². The SMILES string of the molecule is COCCn1c(CN2CCC(N3CCCCC3)CC2)nnc1C1CC(N)C1. The van der Waals surface area contributed by atoms with Gasteiger partial charge in [-0.25, -0.2) is 0 Å². The van der Waals surface area contributed by atoms with Gasteiger partial charge in [0.2, 0.25) is 0 Å². The number of methoxy groups -OCH3 is 1. The van der Waals surface area contributed by atoms with Gasteiger partial charge in [-0.1, -0.05) is 6.42 Å². The molecule has 0 bridgehead atoms. The summed E-state index contributed by atoms with van der Waals surface area (Å²) in [5.74, 6) is 2.69. The van der Waals surface area contributed by atoms with Crippen LogP contribution in [0.3, 0.4) is 0 Å². The van der Waals surface area contributed by atoms with Gasteiger partial charge in [-0.05, 0) is 51.6 Å². The lowest BCUT2D eigenvalue weighted by molar-refractivity contribution is 0.0876. The van der Waals surface area contributed by atoms with Gasteiger partial charge in [0.15, 0.2) is 0 Å². The number of rotatable bonds is 7. The maximum absolute atomic E-state index is 5.99. The molecule has 1 saturated carbocycles. The zero-order valence-corrected chi connectivity index (χ0v) is 16.9. The number of nitrogens with zero attached hydrogens (tertiary/aromatic N) is 5. The van der Waals surface area contributed by atoms with E-state index < -0.39 is 0 Å². The minimum absolute atomic E-state index is 0.333. The summed E-state index contributed by atoms with van der Waals surface area (Å²) in [5.41, 5.74) is 5.99. The number of likely N-dealkylation sites (tertiary alicyclic amines) is 2. The molecule has 152 valence electrons. The second-order valence-electron chi connectivity index (χ2n) is 8.65. The lowest BCUT2D eigenvalue weighted by atomic mass is 9.80. The van der Waals surface area contributed by atoms with E-state index in [1.165, 1.54) is 58.3 Å². The van der Waals surface area contributed by atoms with Crippen LogP contribution < -0.4 is 5.73 Å². The van der Waals surface area contributed by atoms with Crippen LogP contribution in [0.15, 0.2) is 0 Å². The third kappa shape index (κ3) is 4.53. The highest BCUT2D eigenvalue weighted by atomic mass is 16.5. The molecule has 3 aliphatic rings. The second-order valence-corrected chi connectivity index (χ2v) is 8.65. The first-order chi connectivity index (χ1) is 13.2. The van der Waals surface area contributed by atoms with Gasteiger partial charge < -0.3 is 19.9 Å². The molecule has 7 heteroatoms. The molecule has 1 aromatic rings. The van der Waals surface area contributed by atoms with Gasteiger partial charge in [0.1, 0.15) is 11.6 Å². The second kappa shape index (κ2) is 8.99. The molecular formula is C20H36N6O. The van der Waals surface area contributed by atoms with Crippen LogP contribution in [-0.4, -0.2) is 76.5 Å². The van der Waals surface area contributed by atoms with E-state index in [0.29, 0.717) is 18.6 Å². The Balaban J connectivity index is 1.35. The van der Waals surface area contributed by atoms with Crippen LogP contribution in [0.2, 0.25) is 0 Å². The van der Waals surface area contributed by atoms with Gasteiger partial charge in [0, 0.05) is 44.7 Å². The topological polar surface area (TPSA) is 72.4 Å². The standard InChI is InChI=1S/C20H36N6O/c1-27-12-11-26-19(22-23-20(26)16-13-17(21)14-16)15-24-9-5-18(6-10-24)25-7-3-2-4-8-25/h16-18H,2-15,21H2,1H3. The Morgan fingerprint density at radius 1 is 1.04 bits per heavy atom. The van der Waals surface area contributed by atoms with Gasteiger partial charge in [0.25, 0.3) is 0 Å². The maximum atomic E-state index is 5.99. The molecule has 0 aromatic carbocycles.